The van der Waals surface area contributed by atoms with Crippen LogP contribution in [-0.2, 0) is 11.3 Å². The standard InChI is InChI=1S/C18H20ClNO2/c1-3-16(22-17-12-8-7-11-15(17)19)18(21)20(2)13-14-9-5-4-6-10-14/h4-12,16H,3,13H2,1-2H3/t16-/m0/s1. The highest BCUT2D eigenvalue weighted by Crippen LogP contribution is 2.25. The van der Waals surface area contributed by atoms with Crippen molar-refractivity contribution >= 4 is 17.5 Å². The van der Waals surface area contributed by atoms with Gasteiger partial charge in [0.05, 0.1) is 5.02 Å². The van der Waals surface area contributed by atoms with Crippen LogP contribution < -0.4 is 4.74 Å². The van der Waals surface area contributed by atoms with E-state index in [0.29, 0.717) is 23.7 Å². The number of benzene rings is 2. The molecule has 0 unspecified atom stereocenters. The highest BCUT2D eigenvalue weighted by Gasteiger charge is 2.23. The lowest BCUT2D eigenvalue weighted by Gasteiger charge is -2.24. The molecule has 0 radical (unpaired) electrons. The highest BCUT2D eigenvalue weighted by molar-refractivity contribution is 6.32. The summed E-state index contributed by atoms with van der Waals surface area (Å²) in [5.74, 6) is 0.490. The van der Waals surface area contributed by atoms with Crippen LogP contribution in [0.4, 0.5) is 0 Å². The van der Waals surface area contributed by atoms with Crippen LogP contribution in [0.1, 0.15) is 18.9 Å². The van der Waals surface area contributed by atoms with E-state index in [1.165, 1.54) is 0 Å². The SMILES string of the molecule is CC[C@H](Oc1ccccc1Cl)C(=O)N(C)Cc1ccccc1. The van der Waals surface area contributed by atoms with Crippen LogP contribution in [0, 0.1) is 0 Å². The van der Waals surface area contributed by atoms with Crippen molar-refractivity contribution in [2.75, 3.05) is 7.05 Å². The van der Waals surface area contributed by atoms with Crippen LogP contribution in [0.25, 0.3) is 0 Å². The first kappa shape index (κ1) is 16.4. The van der Waals surface area contributed by atoms with E-state index in [1.54, 1.807) is 24.1 Å². The molecule has 0 aliphatic rings. The number of para-hydroxylation sites is 1. The largest absolute Gasteiger partial charge is 0.479 e. The van der Waals surface area contributed by atoms with E-state index in [2.05, 4.69) is 0 Å². The van der Waals surface area contributed by atoms with Gasteiger partial charge < -0.3 is 9.64 Å². The number of rotatable bonds is 6. The number of carbonyl (C=O) groups excluding carboxylic acids is 1. The third-order valence-corrected chi connectivity index (χ3v) is 3.70. The number of ether oxygens (including phenoxy) is 1. The molecule has 22 heavy (non-hydrogen) atoms. The van der Waals surface area contributed by atoms with E-state index < -0.39 is 6.10 Å². The number of carbonyl (C=O) groups is 1. The molecule has 0 aliphatic heterocycles. The molecular weight excluding hydrogens is 298 g/mol. The minimum Gasteiger partial charge on any atom is -0.479 e. The third-order valence-electron chi connectivity index (χ3n) is 3.39. The molecule has 0 fully saturated rings. The molecule has 0 bridgehead atoms. The van der Waals surface area contributed by atoms with E-state index in [-0.39, 0.29) is 5.91 Å². The molecule has 3 nitrogen and oxygen atoms in total. The average Bonchev–Trinajstić information content (AvgIpc) is 2.54. The molecule has 0 aliphatic carbocycles. The quantitative estimate of drug-likeness (QED) is 0.800. The monoisotopic (exact) mass is 317 g/mol. The van der Waals surface area contributed by atoms with Crippen molar-refractivity contribution in [3.63, 3.8) is 0 Å². The molecule has 0 saturated heterocycles. The first-order valence-corrected chi connectivity index (χ1v) is 7.69. The smallest absolute Gasteiger partial charge is 0.263 e. The molecule has 0 aromatic heterocycles. The van der Waals surface area contributed by atoms with Crippen molar-refractivity contribution in [3.05, 3.63) is 65.2 Å². The second kappa shape index (κ2) is 7.85. The summed E-state index contributed by atoms with van der Waals surface area (Å²) in [6.45, 7) is 2.48. The summed E-state index contributed by atoms with van der Waals surface area (Å²) in [6, 6.07) is 17.1. The summed E-state index contributed by atoms with van der Waals surface area (Å²) in [5.41, 5.74) is 1.09. The van der Waals surface area contributed by atoms with E-state index in [9.17, 15) is 4.79 Å². The van der Waals surface area contributed by atoms with Gasteiger partial charge in [0.15, 0.2) is 6.10 Å². The fraction of sp³-hybridized carbons (Fsp3) is 0.278. The van der Waals surface area contributed by atoms with Crippen molar-refractivity contribution in [2.45, 2.75) is 26.0 Å². The molecule has 0 saturated carbocycles. The van der Waals surface area contributed by atoms with Gasteiger partial charge in [-0.2, -0.15) is 0 Å². The maximum atomic E-state index is 12.6. The second-order valence-corrected chi connectivity index (χ2v) is 5.53. The molecule has 116 valence electrons. The molecule has 4 heteroatoms. The van der Waals surface area contributed by atoms with Crippen LogP contribution in [-0.4, -0.2) is 24.0 Å². The van der Waals surface area contributed by atoms with Crippen molar-refractivity contribution in [1.82, 2.24) is 4.90 Å². The molecule has 0 N–H and O–H groups in total. The van der Waals surface area contributed by atoms with Crippen molar-refractivity contribution in [1.29, 1.82) is 0 Å². The Labute approximate surface area is 136 Å². The molecule has 0 heterocycles. The Morgan fingerprint density at radius 2 is 1.77 bits per heavy atom. The lowest BCUT2D eigenvalue weighted by Crippen LogP contribution is -2.39. The summed E-state index contributed by atoms with van der Waals surface area (Å²) in [4.78, 5) is 14.2. The second-order valence-electron chi connectivity index (χ2n) is 5.13. The van der Waals surface area contributed by atoms with Gasteiger partial charge >= 0.3 is 0 Å². The van der Waals surface area contributed by atoms with Crippen LogP contribution in [0.2, 0.25) is 5.02 Å². The topological polar surface area (TPSA) is 29.5 Å². The van der Waals surface area contributed by atoms with E-state index in [4.69, 9.17) is 16.3 Å². The van der Waals surface area contributed by atoms with E-state index in [0.717, 1.165) is 5.56 Å². The molecule has 0 spiro atoms. The number of likely N-dealkylation sites (N-methyl/N-ethyl adjacent to an activating group) is 1. The van der Waals surface area contributed by atoms with E-state index >= 15 is 0 Å². The maximum Gasteiger partial charge on any atom is 0.263 e. The molecule has 2 aromatic rings. The third kappa shape index (κ3) is 4.25. The Hall–Kier alpha value is -2.00. The van der Waals surface area contributed by atoms with Gasteiger partial charge in [0.2, 0.25) is 0 Å². The zero-order valence-electron chi connectivity index (χ0n) is 12.8. The molecule has 2 rings (SSSR count). The Morgan fingerprint density at radius 3 is 2.41 bits per heavy atom. The Bertz CT molecular complexity index is 615. The lowest BCUT2D eigenvalue weighted by atomic mass is 10.2. The number of hydrogen-bond donors (Lipinski definition) is 0. The minimum absolute atomic E-state index is 0.0497. The summed E-state index contributed by atoms with van der Waals surface area (Å²) in [6.07, 6.45) is 0.0528. The number of halogens is 1. The van der Waals surface area contributed by atoms with Crippen LogP contribution >= 0.6 is 11.6 Å². The average molecular weight is 318 g/mol. The Kier molecular flexibility index (Phi) is 5.84. The summed E-state index contributed by atoms with van der Waals surface area (Å²) in [7, 11) is 1.79. The first-order valence-electron chi connectivity index (χ1n) is 7.32. The lowest BCUT2D eigenvalue weighted by molar-refractivity contribution is -0.138. The number of amides is 1. The zero-order chi connectivity index (χ0) is 15.9. The summed E-state index contributed by atoms with van der Waals surface area (Å²) >= 11 is 6.09. The van der Waals surface area contributed by atoms with Gasteiger partial charge in [-0.15, -0.1) is 0 Å². The summed E-state index contributed by atoms with van der Waals surface area (Å²) < 4.78 is 5.79. The van der Waals surface area contributed by atoms with Gasteiger partial charge in [-0.25, -0.2) is 0 Å². The summed E-state index contributed by atoms with van der Waals surface area (Å²) in [5, 5.41) is 0.513. The highest BCUT2D eigenvalue weighted by atomic mass is 35.5. The van der Waals surface area contributed by atoms with Crippen molar-refractivity contribution < 1.29 is 9.53 Å². The van der Waals surface area contributed by atoms with Crippen LogP contribution in [0.5, 0.6) is 5.75 Å². The molecular formula is C18H20ClNO2. The van der Waals surface area contributed by atoms with Gasteiger partial charge in [-0.3, -0.25) is 4.79 Å². The van der Waals surface area contributed by atoms with Gasteiger partial charge in [0.1, 0.15) is 5.75 Å². The predicted molar refractivity (Wildman–Crippen MR) is 89.1 cm³/mol. The van der Waals surface area contributed by atoms with Gasteiger partial charge in [0.25, 0.3) is 5.91 Å². The minimum atomic E-state index is -0.534. The Morgan fingerprint density at radius 1 is 1.14 bits per heavy atom. The normalized spacial score (nSPS) is 11.8. The predicted octanol–water partition coefficient (Wildman–Crippen LogP) is 4.16. The Balaban J connectivity index is 2.03. The molecule has 2 aromatic carbocycles. The fourth-order valence-corrected chi connectivity index (χ4v) is 2.36. The molecule has 1 atom stereocenters. The van der Waals surface area contributed by atoms with Crippen LogP contribution in [0.3, 0.4) is 0 Å². The fourth-order valence-electron chi connectivity index (χ4n) is 2.18. The zero-order valence-corrected chi connectivity index (χ0v) is 13.6. The van der Waals surface area contributed by atoms with Crippen molar-refractivity contribution in [2.24, 2.45) is 0 Å². The van der Waals surface area contributed by atoms with Gasteiger partial charge in [-0.1, -0.05) is 61.0 Å². The van der Waals surface area contributed by atoms with Crippen molar-refractivity contribution in [3.8, 4) is 5.75 Å². The van der Waals surface area contributed by atoms with Gasteiger partial charge in [0, 0.05) is 13.6 Å². The molecule has 1 amide bonds. The van der Waals surface area contributed by atoms with Crippen LogP contribution in [0.15, 0.2) is 54.6 Å². The van der Waals surface area contributed by atoms with E-state index in [1.807, 2.05) is 49.4 Å². The number of hydrogen-bond acceptors (Lipinski definition) is 2. The number of nitrogens with zero attached hydrogens (tertiary/aromatic N) is 1. The first-order chi connectivity index (χ1) is 10.6. The maximum absolute atomic E-state index is 12.6. The van der Waals surface area contributed by atoms with Gasteiger partial charge in [-0.05, 0) is 24.1 Å².